The Hall–Kier alpha value is -2.25. The van der Waals surface area contributed by atoms with E-state index in [4.69, 9.17) is 0 Å². The molecule has 0 radical (unpaired) electrons. The van der Waals surface area contributed by atoms with Crippen molar-refractivity contribution >= 4 is 17.3 Å². The first-order valence-corrected chi connectivity index (χ1v) is 8.25. The van der Waals surface area contributed by atoms with Gasteiger partial charge in [-0.1, -0.05) is 90.1 Å². The van der Waals surface area contributed by atoms with Gasteiger partial charge < -0.3 is 0 Å². The summed E-state index contributed by atoms with van der Waals surface area (Å²) in [4.78, 5) is 1.27. The minimum atomic E-state index is 1.24. The summed E-state index contributed by atoms with van der Waals surface area (Å²) < 4.78 is 0. The van der Waals surface area contributed by atoms with E-state index in [-0.39, 0.29) is 0 Å². The summed E-state index contributed by atoms with van der Waals surface area (Å²) in [7, 11) is 0. The molecule has 0 spiro atoms. The Morgan fingerprint density at radius 1 is 0.727 bits per heavy atom. The molecule has 0 saturated heterocycles. The summed E-state index contributed by atoms with van der Waals surface area (Å²) in [5, 5.41) is 2.25. The lowest BCUT2D eigenvalue weighted by Gasteiger charge is -2.08. The van der Waals surface area contributed by atoms with Crippen LogP contribution in [0.25, 0.3) is 5.57 Å². The van der Waals surface area contributed by atoms with Crippen LogP contribution in [-0.4, -0.2) is 0 Å². The van der Waals surface area contributed by atoms with Gasteiger partial charge in [0.2, 0.25) is 0 Å². The predicted octanol–water partition coefficient (Wildman–Crippen LogP) is 6.18. The molecule has 0 nitrogen and oxygen atoms in total. The molecule has 0 fully saturated rings. The molecule has 22 heavy (non-hydrogen) atoms. The van der Waals surface area contributed by atoms with Crippen LogP contribution in [0.2, 0.25) is 0 Å². The van der Waals surface area contributed by atoms with Crippen LogP contribution in [0.3, 0.4) is 0 Å². The molecule has 0 aliphatic carbocycles. The van der Waals surface area contributed by atoms with Gasteiger partial charge in [-0.25, -0.2) is 0 Å². The van der Waals surface area contributed by atoms with Gasteiger partial charge in [-0.15, -0.1) is 0 Å². The molecular formula is C21H18S. The molecule has 0 N–H and O–H groups in total. The van der Waals surface area contributed by atoms with Crippen molar-refractivity contribution in [3.63, 3.8) is 0 Å². The highest BCUT2D eigenvalue weighted by Crippen LogP contribution is 2.29. The van der Waals surface area contributed by atoms with Gasteiger partial charge in [0.15, 0.2) is 0 Å². The maximum Gasteiger partial charge on any atom is 0.0119 e. The van der Waals surface area contributed by atoms with Crippen molar-refractivity contribution < 1.29 is 0 Å². The van der Waals surface area contributed by atoms with Crippen LogP contribution in [-0.2, 0) is 0 Å². The van der Waals surface area contributed by atoms with E-state index in [9.17, 15) is 0 Å². The van der Waals surface area contributed by atoms with Crippen molar-refractivity contribution in [2.45, 2.75) is 11.8 Å². The van der Waals surface area contributed by atoms with Crippen molar-refractivity contribution in [3.05, 3.63) is 107 Å². The molecule has 0 aliphatic rings. The Morgan fingerprint density at radius 2 is 1.32 bits per heavy atom. The zero-order valence-corrected chi connectivity index (χ0v) is 13.4. The Labute approximate surface area is 136 Å². The third kappa shape index (κ3) is 3.69. The first-order valence-electron chi connectivity index (χ1n) is 7.37. The molecule has 108 valence electrons. The highest BCUT2D eigenvalue weighted by molar-refractivity contribution is 8.02. The van der Waals surface area contributed by atoms with E-state index in [0.717, 1.165) is 0 Å². The van der Waals surface area contributed by atoms with Gasteiger partial charge >= 0.3 is 0 Å². The van der Waals surface area contributed by atoms with Crippen molar-refractivity contribution in [3.8, 4) is 0 Å². The van der Waals surface area contributed by atoms with E-state index in [0.29, 0.717) is 0 Å². The normalized spacial score (nSPS) is 10.2. The maximum atomic E-state index is 2.25. The smallest absolute Gasteiger partial charge is 0.0119 e. The van der Waals surface area contributed by atoms with Crippen LogP contribution >= 0.6 is 11.8 Å². The lowest BCUT2D eigenvalue weighted by atomic mass is 10.00. The number of hydrogen-bond donors (Lipinski definition) is 0. The van der Waals surface area contributed by atoms with Crippen LogP contribution in [0.5, 0.6) is 0 Å². The zero-order valence-electron chi connectivity index (χ0n) is 12.6. The average molecular weight is 302 g/mol. The second-order valence-electron chi connectivity index (χ2n) is 5.20. The van der Waals surface area contributed by atoms with E-state index >= 15 is 0 Å². The summed E-state index contributed by atoms with van der Waals surface area (Å²) in [5.74, 6) is 0. The van der Waals surface area contributed by atoms with E-state index in [2.05, 4.69) is 97.3 Å². The van der Waals surface area contributed by atoms with Crippen molar-refractivity contribution in [2.75, 3.05) is 0 Å². The average Bonchev–Trinajstić information content (AvgIpc) is 2.57. The molecule has 0 atom stereocenters. The predicted molar refractivity (Wildman–Crippen MR) is 97.0 cm³/mol. The fraction of sp³-hybridized carbons (Fsp3) is 0.0476. The molecule has 0 saturated carbocycles. The number of aryl methyl sites for hydroxylation is 1. The number of thioether (sulfide) groups is 1. The lowest BCUT2D eigenvalue weighted by molar-refractivity contribution is 1.37. The molecule has 3 aromatic rings. The summed E-state index contributed by atoms with van der Waals surface area (Å²) in [5.41, 5.74) is 5.04. The van der Waals surface area contributed by atoms with E-state index < -0.39 is 0 Å². The fourth-order valence-corrected chi connectivity index (χ4v) is 3.29. The largest absolute Gasteiger partial charge is 0.0974 e. The summed E-state index contributed by atoms with van der Waals surface area (Å²) in [6, 6.07) is 29.7. The minimum Gasteiger partial charge on any atom is -0.0974 e. The Kier molecular flexibility index (Phi) is 4.77. The third-order valence-corrected chi connectivity index (χ3v) is 4.35. The number of benzene rings is 3. The molecule has 0 bridgehead atoms. The second-order valence-corrected chi connectivity index (χ2v) is 6.14. The van der Waals surface area contributed by atoms with Gasteiger partial charge in [0.25, 0.3) is 0 Å². The van der Waals surface area contributed by atoms with E-state index in [1.165, 1.54) is 27.2 Å². The maximum absolute atomic E-state index is 2.25. The van der Waals surface area contributed by atoms with Crippen LogP contribution in [0, 0.1) is 6.92 Å². The van der Waals surface area contributed by atoms with Gasteiger partial charge in [-0.2, -0.15) is 0 Å². The lowest BCUT2D eigenvalue weighted by Crippen LogP contribution is -1.86. The monoisotopic (exact) mass is 302 g/mol. The fourth-order valence-electron chi connectivity index (χ4n) is 2.35. The van der Waals surface area contributed by atoms with Crippen molar-refractivity contribution in [1.29, 1.82) is 0 Å². The minimum absolute atomic E-state index is 1.24. The Morgan fingerprint density at radius 3 is 1.86 bits per heavy atom. The third-order valence-electron chi connectivity index (χ3n) is 3.47. The van der Waals surface area contributed by atoms with E-state index in [1.54, 1.807) is 11.8 Å². The van der Waals surface area contributed by atoms with Crippen molar-refractivity contribution in [2.24, 2.45) is 0 Å². The standard InChI is InChI=1S/C21H18S/c1-17-9-8-14-20(15-17)22-16-21(18-10-4-2-5-11-18)19-12-6-3-7-13-19/h2-16H,1H3. The number of rotatable bonds is 4. The van der Waals surface area contributed by atoms with Crippen LogP contribution in [0.1, 0.15) is 16.7 Å². The van der Waals surface area contributed by atoms with Gasteiger partial charge in [0.1, 0.15) is 0 Å². The quantitative estimate of drug-likeness (QED) is 0.519. The summed E-state index contributed by atoms with van der Waals surface area (Å²) in [6.45, 7) is 2.13. The van der Waals surface area contributed by atoms with Crippen molar-refractivity contribution in [1.82, 2.24) is 0 Å². The molecule has 1 heteroatoms. The molecule has 0 amide bonds. The number of hydrogen-bond acceptors (Lipinski definition) is 1. The topological polar surface area (TPSA) is 0 Å². The highest BCUT2D eigenvalue weighted by atomic mass is 32.2. The van der Waals surface area contributed by atoms with Gasteiger partial charge in [0, 0.05) is 4.90 Å². The van der Waals surface area contributed by atoms with Gasteiger partial charge in [0.05, 0.1) is 0 Å². The van der Waals surface area contributed by atoms with Gasteiger partial charge in [-0.05, 0) is 41.2 Å². The van der Waals surface area contributed by atoms with Crippen LogP contribution in [0.4, 0.5) is 0 Å². The molecule has 0 aromatic heterocycles. The van der Waals surface area contributed by atoms with Crippen LogP contribution < -0.4 is 0 Å². The molecule has 0 heterocycles. The first kappa shape index (κ1) is 14.7. The molecule has 0 unspecified atom stereocenters. The highest BCUT2D eigenvalue weighted by Gasteiger charge is 2.04. The Bertz CT molecular complexity index is 717. The molecule has 0 aliphatic heterocycles. The molecule has 3 aromatic carbocycles. The molecular weight excluding hydrogens is 284 g/mol. The zero-order chi connectivity index (χ0) is 15.2. The SMILES string of the molecule is Cc1cccc(SC=C(c2ccccc2)c2ccccc2)c1. The first-order chi connectivity index (χ1) is 10.8. The van der Waals surface area contributed by atoms with Crippen LogP contribution in [0.15, 0.2) is 95.2 Å². The van der Waals surface area contributed by atoms with E-state index in [1.807, 2.05) is 0 Å². The summed E-state index contributed by atoms with van der Waals surface area (Å²) in [6.07, 6.45) is 0. The molecule has 3 rings (SSSR count). The Balaban J connectivity index is 1.97. The summed E-state index contributed by atoms with van der Waals surface area (Å²) >= 11 is 1.77. The second kappa shape index (κ2) is 7.15. The van der Waals surface area contributed by atoms with Gasteiger partial charge in [-0.3, -0.25) is 0 Å².